The Balaban J connectivity index is 2.20. The van der Waals surface area contributed by atoms with E-state index in [4.69, 9.17) is 0 Å². The van der Waals surface area contributed by atoms with Crippen molar-refractivity contribution in [2.75, 3.05) is 52.1 Å². The number of benzene rings is 1. The zero-order chi connectivity index (χ0) is 14.1. The molecule has 4 heteroatoms. The molecule has 0 amide bonds. The lowest BCUT2D eigenvalue weighted by molar-refractivity contribution is 0.275. The zero-order valence-electron chi connectivity index (χ0n) is 12.3. The van der Waals surface area contributed by atoms with Gasteiger partial charge in [0.1, 0.15) is 0 Å². The van der Waals surface area contributed by atoms with E-state index in [1.54, 1.807) is 0 Å². The minimum atomic E-state index is 0.997. The Bertz CT molecular complexity index is 338. The summed E-state index contributed by atoms with van der Waals surface area (Å²) in [5.74, 6) is 0. The highest BCUT2D eigenvalue weighted by molar-refractivity contribution is 9.10. The number of anilines is 1. The van der Waals surface area contributed by atoms with Gasteiger partial charge in [-0.15, -0.1) is 0 Å². The molecule has 0 aliphatic heterocycles. The van der Waals surface area contributed by atoms with Crippen LogP contribution in [0.3, 0.4) is 0 Å². The van der Waals surface area contributed by atoms with Crippen LogP contribution >= 0.6 is 15.9 Å². The van der Waals surface area contributed by atoms with Crippen LogP contribution in [0, 0.1) is 0 Å². The van der Waals surface area contributed by atoms with Gasteiger partial charge in [0, 0.05) is 23.2 Å². The maximum absolute atomic E-state index is 3.46. The van der Waals surface area contributed by atoms with Crippen molar-refractivity contribution in [3.05, 3.63) is 28.7 Å². The molecule has 0 aliphatic rings. The van der Waals surface area contributed by atoms with Gasteiger partial charge in [-0.05, 0) is 64.4 Å². The molecule has 0 heterocycles. The van der Waals surface area contributed by atoms with Crippen LogP contribution in [-0.2, 0) is 0 Å². The first-order valence-corrected chi connectivity index (χ1v) is 7.77. The van der Waals surface area contributed by atoms with Gasteiger partial charge in [0.25, 0.3) is 0 Å². The second kappa shape index (κ2) is 9.34. The number of rotatable bonds is 9. The molecule has 1 N–H and O–H groups in total. The van der Waals surface area contributed by atoms with Crippen LogP contribution in [0.1, 0.15) is 13.3 Å². The van der Waals surface area contributed by atoms with Gasteiger partial charge in [0.05, 0.1) is 0 Å². The van der Waals surface area contributed by atoms with E-state index < -0.39 is 0 Å². The molecular formula is C15H26BrN3. The number of hydrogen-bond acceptors (Lipinski definition) is 3. The van der Waals surface area contributed by atoms with Crippen LogP contribution in [0.4, 0.5) is 5.69 Å². The molecule has 0 atom stereocenters. The van der Waals surface area contributed by atoms with Gasteiger partial charge < -0.3 is 15.1 Å². The third-order valence-electron chi connectivity index (χ3n) is 3.13. The monoisotopic (exact) mass is 327 g/mol. The maximum Gasteiger partial charge on any atom is 0.0341 e. The molecule has 0 aliphatic carbocycles. The average Bonchev–Trinajstić information content (AvgIpc) is 2.39. The van der Waals surface area contributed by atoms with Crippen LogP contribution in [0.5, 0.6) is 0 Å². The summed E-state index contributed by atoms with van der Waals surface area (Å²) in [5, 5.41) is 3.46. The van der Waals surface area contributed by atoms with Crippen LogP contribution in [0.15, 0.2) is 28.7 Å². The molecule has 1 aromatic rings. The van der Waals surface area contributed by atoms with E-state index >= 15 is 0 Å². The third-order valence-corrected chi connectivity index (χ3v) is 3.66. The van der Waals surface area contributed by atoms with E-state index in [0.717, 1.165) is 30.7 Å². The highest BCUT2D eigenvalue weighted by Gasteiger charge is 2.02. The maximum atomic E-state index is 3.46. The molecule has 1 aromatic carbocycles. The highest BCUT2D eigenvalue weighted by atomic mass is 79.9. The Labute approximate surface area is 126 Å². The number of halogens is 1. The molecule has 0 radical (unpaired) electrons. The van der Waals surface area contributed by atoms with Gasteiger partial charge in [-0.2, -0.15) is 0 Å². The van der Waals surface area contributed by atoms with Gasteiger partial charge in [0.15, 0.2) is 0 Å². The quantitative estimate of drug-likeness (QED) is 0.751. The Morgan fingerprint density at radius 1 is 1.05 bits per heavy atom. The Hall–Kier alpha value is -0.580. The van der Waals surface area contributed by atoms with Crippen molar-refractivity contribution in [2.45, 2.75) is 13.3 Å². The van der Waals surface area contributed by atoms with Crippen LogP contribution in [0.2, 0.25) is 0 Å². The minimum absolute atomic E-state index is 0.997. The molecule has 1 rings (SSSR count). The van der Waals surface area contributed by atoms with Crippen molar-refractivity contribution in [1.82, 2.24) is 9.80 Å². The summed E-state index contributed by atoms with van der Waals surface area (Å²) in [5.41, 5.74) is 1.19. The average molecular weight is 328 g/mol. The Morgan fingerprint density at radius 3 is 2.32 bits per heavy atom. The van der Waals surface area contributed by atoms with E-state index in [9.17, 15) is 0 Å². The first-order valence-electron chi connectivity index (χ1n) is 6.98. The minimum Gasteiger partial charge on any atom is -0.384 e. The fourth-order valence-electron chi connectivity index (χ4n) is 1.96. The number of likely N-dealkylation sites (N-methyl/N-ethyl adjacent to an activating group) is 1. The topological polar surface area (TPSA) is 18.5 Å². The molecule has 3 nitrogen and oxygen atoms in total. The van der Waals surface area contributed by atoms with Gasteiger partial charge in [-0.25, -0.2) is 0 Å². The lowest BCUT2D eigenvalue weighted by atomic mass is 10.3. The van der Waals surface area contributed by atoms with E-state index in [1.807, 2.05) is 0 Å². The molecule has 108 valence electrons. The number of nitrogens with zero attached hydrogens (tertiary/aromatic N) is 2. The smallest absolute Gasteiger partial charge is 0.0341 e. The van der Waals surface area contributed by atoms with E-state index in [-0.39, 0.29) is 0 Å². The van der Waals surface area contributed by atoms with Crippen molar-refractivity contribution in [3.63, 3.8) is 0 Å². The Morgan fingerprint density at radius 2 is 1.74 bits per heavy atom. The van der Waals surface area contributed by atoms with E-state index in [1.165, 1.54) is 18.7 Å². The predicted molar refractivity (Wildman–Crippen MR) is 87.9 cm³/mol. The number of hydrogen-bond donors (Lipinski definition) is 1. The van der Waals surface area contributed by atoms with E-state index in [0.29, 0.717) is 0 Å². The number of nitrogens with one attached hydrogen (secondary N) is 1. The summed E-state index contributed by atoms with van der Waals surface area (Å²) in [6, 6.07) is 8.34. The van der Waals surface area contributed by atoms with Crippen LogP contribution in [0.25, 0.3) is 0 Å². The van der Waals surface area contributed by atoms with Crippen molar-refractivity contribution < 1.29 is 0 Å². The fraction of sp³-hybridized carbons (Fsp3) is 0.600. The van der Waals surface area contributed by atoms with Crippen LogP contribution in [-0.4, -0.2) is 56.6 Å². The van der Waals surface area contributed by atoms with Crippen molar-refractivity contribution >= 4 is 21.6 Å². The summed E-state index contributed by atoms with van der Waals surface area (Å²) in [4.78, 5) is 4.74. The summed E-state index contributed by atoms with van der Waals surface area (Å²) >= 11 is 3.45. The van der Waals surface area contributed by atoms with Crippen molar-refractivity contribution in [1.29, 1.82) is 0 Å². The molecule has 0 saturated heterocycles. The summed E-state index contributed by atoms with van der Waals surface area (Å²) in [6.07, 6.45) is 1.24. The van der Waals surface area contributed by atoms with Gasteiger partial charge in [0.2, 0.25) is 0 Å². The SMILES string of the molecule is CCN(CCCN(C)C)CCNc1ccc(Br)cc1. The summed E-state index contributed by atoms with van der Waals surface area (Å²) < 4.78 is 1.12. The molecule has 0 bridgehead atoms. The fourth-order valence-corrected chi connectivity index (χ4v) is 2.23. The second-order valence-corrected chi connectivity index (χ2v) is 5.94. The standard InChI is InChI=1S/C15H26BrN3/c1-4-19(12-5-11-18(2)3)13-10-17-15-8-6-14(16)7-9-15/h6-9,17H,4-5,10-13H2,1-3H3. The summed E-state index contributed by atoms with van der Waals surface area (Å²) in [7, 11) is 4.26. The van der Waals surface area contributed by atoms with Crippen molar-refractivity contribution in [2.24, 2.45) is 0 Å². The Kier molecular flexibility index (Phi) is 8.10. The lowest BCUT2D eigenvalue weighted by Crippen LogP contribution is -2.31. The molecule has 19 heavy (non-hydrogen) atoms. The first kappa shape index (κ1) is 16.5. The molecule has 0 aromatic heterocycles. The third kappa shape index (κ3) is 7.55. The molecule has 0 spiro atoms. The van der Waals surface area contributed by atoms with Crippen LogP contribution < -0.4 is 5.32 Å². The molecule has 0 saturated carbocycles. The first-order chi connectivity index (χ1) is 9.11. The van der Waals surface area contributed by atoms with Crippen molar-refractivity contribution in [3.8, 4) is 0 Å². The van der Waals surface area contributed by atoms with Gasteiger partial charge in [-0.3, -0.25) is 0 Å². The zero-order valence-corrected chi connectivity index (χ0v) is 13.9. The predicted octanol–water partition coefficient (Wildman–Crippen LogP) is 3.13. The largest absolute Gasteiger partial charge is 0.384 e. The highest BCUT2D eigenvalue weighted by Crippen LogP contribution is 2.13. The normalized spacial score (nSPS) is 11.3. The molecule has 0 unspecified atom stereocenters. The van der Waals surface area contributed by atoms with E-state index in [2.05, 4.69) is 76.3 Å². The lowest BCUT2D eigenvalue weighted by Gasteiger charge is -2.21. The second-order valence-electron chi connectivity index (χ2n) is 5.02. The van der Waals surface area contributed by atoms with Gasteiger partial charge in [-0.1, -0.05) is 22.9 Å². The summed E-state index contributed by atoms with van der Waals surface area (Å²) in [6.45, 7) is 7.79. The molecular weight excluding hydrogens is 302 g/mol. The molecule has 0 fully saturated rings. The van der Waals surface area contributed by atoms with Gasteiger partial charge >= 0.3 is 0 Å².